The van der Waals surface area contributed by atoms with E-state index in [1.807, 2.05) is 13.8 Å². The topological polar surface area (TPSA) is 297 Å². The van der Waals surface area contributed by atoms with Gasteiger partial charge in [0.25, 0.3) is 0 Å². The number of methoxy groups -OCH3 is 1. The molecule has 3 aliphatic rings. The predicted molar refractivity (Wildman–Crippen MR) is 198 cm³/mol. The largest absolute Gasteiger partial charge is 0.507 e. The van der Waals surface area contributed by atoms with Crippen LogP contribution in [0.4, 0.5) is 0 Å². The zero-order valence-electron chi connectivity index (χ0n) is 32.2. The number of aromatic hydroxyl groups is 1. The quantitative estimate of drug-likeness (QED) is 0.103. The van der Waals surface area contributed by atoms with Crippen molar-refractivity contribution in [1.29, 1.82) is 0 Å². The minimum Gasteiger partial charge on any atom is -0.507 e. The molecule has 3 fully saturated rings. The zero-order chi connectivity index (χ0) is 42.3. The van der Waals surface area contributed by atoms with Crippen molar-refractivity contribution in [3.8, 4) is 34.3 Å². The molecule has 1 aromatic heterocycles. The summed E-state index contributed by atoms with van der Waals surface area (Å²) in [6.07, 6.45) is -22.2. The molecule has 6 rings (SSSR count). The van der Waals surface area contributed by atoms with Crippen molar-refractivity contribution in [2.75, 3.05) is 13.7 Å². The number of allylic oxidation sites excluding steroid dienone is 2. The molecule has 0 spiro atoms. The van der Waals surface area contributed by atoms with Crippen LogP contribution >= 0.6 is 0 Å². The molecular weight excluding hydrogens is 772 g/mol. The molecule has 0 saturated carbocycles. The van der Waals surface area contributed by atoms with Gasteiger partial charge >= 0.3 is 0 Å². The Labute approximate surface area is 331 Å². The van der Waals surface area contributed by atoms with E-state index in [9.17, 15) is 55.9 Å². The first-order valence-electron chi connectivity index (χ1n) is 18.6. The van der Waals surface area contributed by atoms with Crippen LogP contribution in [0.3, 0.4) is 0 Å². The lowest BCUT2D eigenvalue weighted by Crippen LogP contribution is -2.63. The summed E-state index contributed by atoms with van der Waals surface area (Å²) in [4.78, 5) is 14.7. The highest BCUT2D eigenvalue weighted by Gasteiger charge is 2.51. The third-order valence-electron chi connectivity index (χ3n) is 10.4. The average molecular weight is 823 g/mol. The maximum absolute atomic E-state index is 14.7. The van der Waals surface area contributed by atoms with Crippen LogP contribution in [-0.4, -0.2) is 157 Å². The molecule has 0 unspecified atom stereocenters. The molecule has 19 nitrogen and oxygen atoms in total. The van der Waals surface area contributed by atoms with Crippen LogP contribution in [0.5, 0.6) is 23.0 Å². The summed E-state index contributed by atoms with van der Waals surface area (Å²) in [5, 5.41) is 106. The van der Waals surface area contributed by atoms with E-state index < -0.39 is 121 Å². The van der Waals surface area contributed by atoms with Crippen molar-refractivity contribution in [2.24, 2.45) is 0 Å². The Balaban J connectivity index is 1.50. The summed E-state index contributed by atoms with van der Waals surface area (Å²) >= 11 is 0. The third-order valence-corrected chi connectivity index (χ3v) is 10.4. The molecule has 0 radical (unpaired) electrons. The van der Waals surface area contributed by atoms with E-state index in [2.05, 4.69) is 0 Å². The van der Waals surface area contributed by atoms with Crippen LogP contribution in [0.25, 0.3) is 22.3 Å². The maximum Gasteiger partial charge on any atom is 0.239 e. The van der Waals surface area contributed by atoms with Gasteiger partial charge in [0.2, 0.25) is 23.8 Å². The van der Waals surface area contributed by atoms with Crippen LogP contribution in [-0.2, 0) is 25.4 Å². The van der Waals surface area contributed by atoms with E-state index in [0.29, 0.717) is 5.75 Å². The van der Waals surface area contributed by atoms with Crippen molar-refractivity contribution < 1.29 is 88.6 Å². The number of hydrogen-bond donors (Lipinski definition) is 10. The highest BCUT2D eigenvalue weighted by atomic mass is 16.8. The molecule has 3 saturated heterocycles. The van der Waals surface area contributed by atoms with Crippen molar-refractivity contribution in [3.05, 3.63) is 57.8 Å². The number of aliphatic hydroxyl groups is 9. The summed E-state index contributed by atoms with van der Waals surface area (Å²) < 4.78 is 46.9. The lowest BCUT2D eigenvalue weighted by molar-refractivity contribution is -0.352. The van der Waals surface area contributed by atoms with Crippen LogP contribution in [0, 0.1) is 0 Å². The molecular formula is C39H50O19. The van der Waals surface area contributed by atoms with Gasteiger partial charge in [-0.1, -0.05) is 11.6 Å². The van der Waals surface area contributed by atoms with Gasteiger partial charge in [-0.2, -0.15) is 0 Å². The Kier molecular flexibility index (Phi) is 13.3. The van der Waals surface area contributed by atoms with Crippen LogP contribution in [0.15, 0.2) is 51.2 Å². The van der Waals surface area contributed by atoms with E-state index in [1.54, 1.807) is 18.2 Å². The highest BCUT2D eigenvalue weighted by molar-refractivity contribution is 5.91. The number of ether oxygens (including phenoxy) is 7. The second-order valence-electron chi connectivity index (χ2n) is 14.8. The number of benzene rings is 2. The number of aliphatic hydroxyl groups excluding tert-OH is 9. The van der Waals surface area contributed by atoms with Gasteiger partial charge in [-0.05, 0) is 58.4 Å². The zero-order valence-corrected chi connectivity index (χ0v) is 32.2. The molecule has 19 heteroatoms. The van der Waals surface area contributed by atoms with Gasteiger partial charge < -0.3 is 88.6 Å². The van der Waals surface area contributed by atoms with Crippen molar-refractivity contribution in [2.45, 2.75) is 126 Å². The molecule has 0 bridgehead atoms. The van der Waals surface area contributed by atoms with Gasteiger partial charge in [0.15, 0.2) is 18.2 Å². The molecule has 58 heavy (non-hydrogen) atoms. The van der Waals surface area contributed by atoms with E-state index in [1.165, 1.54) is 33.1 Å². The molecule has 3 aliphatic heterocycles. The Bertz CT molecular complexity index is 1980. The van der Waals surface area contributed by atoms with Crippen LogP contribution in [0.1, 0.15) is 33.3 Å². The summed E-state index contributed by atoms with van der Waals surface area (Å²) in [6, 6.07) is 7.27. The van der Waals surface area contributed by atoms with Crippen LogP contribution < -0.4 is 19.6 Å². The van der Waals surface area contributed by atoms with E-state index >= 15 is 0 Å². The molecule has 3 aromatic rings. The van der Waals surface area contributed by atoms with Crippen molar-refractivity contribution >= 4 is 11.0 Å². The molecule has 320 valence electrons. The van der Waals surface area contributed by atoms with Gasteiger partial charge in [-0.15, -0.1) is 0 Å². The standard InChI is InChI=1S/C39H50O19/c1-14(2)6-11-19-21(54-38-32(50)29(47)26(44)22(13-40)55-38)12-20(41)23-27(45)35(33(56-34(19)23)17-7-9-18(51-5)10-8-17)57-39-36(30(48)25(43)16(4)53-39)58-37-31(49)28(46)24(42)15(3)52-37/h6-10,12,15-16,22,24-26,28-32,36-44,46-50H,11,13H2,1-5H3/t15-,16-,22+,24+,25+,26-,28+,29-,30+,31+,32+,36-,37+,38-,39+/m1/s1. The predicted octanol–water partition coefficient (Wildman–Crippen LogP) is -1.08. The van der Waals surface area contributed by atoms with E-state index in [0.717, 1.165) is 11.6 Å². The van der Waals surface area contributed by atoms with Gasteiger partial charge in [-0.3, -0.25) is 4.79 Å². The minimum atomic E-state index is -1.83. The average Bonchev–Trinajstić information content (AvgIpc) is 3.20. The van der Waals surface area contributed by atoms with Gasteiger partial charge in [0.05, 0.1) is 25.9 Å². The summed E-state index contributed by atoms with van der Waals surface area (Å²) in [6.45, 7) is 5.71. The Morgan fingerprint density at radius 2 is 1.36 bits per heavy atom. The van der Waals surface area contributed by atoms with E-state index in [-0.39, 0.29) is 34.6 Å². The van der Waals surface area contributed by atoms with Crippen molar-refractivity contribution in [1.82, 2.24) is 0 Å². The summed E-state index contributed by atoms with van der Waals surface area (Å²) in [7, 11) is 1.45. The second-order valence-corrected chi connectivity index (χ2v) is 14.8. The fourth-order valence-corrected chi connectivity index (χ4v) is 6.93. The fraction of sp³-hybridized carbons (Fsp3) is 0.564. The number of hydrogen-bond acceptors (Lipinski definition) is 19. The Morgan fingerprint density at radius 3 is 1.98 bits per heavy atom. The summed E-state index contributed by atoms with van der Waals surface area (Å²) in [5.74, 6) is -1.22. The van der Waals surface area contributed by atoms with Gasteiger partial charge in [0.1, 0.15) is 83.2 Å². The monoisotopic (exact) mass is 822 g/mol. The van der Waals surface area contributed by atoms with Crippen molar-refractivity contribution in [3.63, 3.8) is 0 Å². The Morgan fingerprint density at radius 1 is 0.759 bits per heavy atom. The smallest absolute Gasteiger partial charge is 0.239 e. The number of rotatable bonds is 11. The first-order chi connectivity index (χ1) is 27.5. The van der Waals surface area contributed by atoms with E-state index in [4.69, 9.17) is 37.6 Å². The second kappa shape index (κ2) is 17.7. The molecule has 2 aromatic carbocycles. The number of fused-ring (bicyclic) bond motifs is 1. The lowest BCUT2D eigenvalue weighted by Gasteiger charge is -2.45. The number of phenols is 1. The first kappa shape index (κ1) is 43.6. The van der Waals surface area contributed by atoms with Gasteiger partial charge in [0, 0.05) is 17.2 Å². The molecule has 0 amide bonds. The first-order valence-corrected chi connectivity index (χ1v) is 18.6. The normalized spacial score (nSPS) is 35.4. The highest BCUT2D eigenvalue weighted by Crippen LogP contribution is 2.42. The fourth-order valence-electron chi connectivity index (χ4n) is 6.93. The third kappa shape index (κ3) is 8.41. The summed E-state index contributed by atoms with van der Waals surface area (Å²) in [5.41, 5.74) is 0.0592. The SMILES string of the molecule is COc1ccc(-c2oc3c(CC=C(C)C)c(O[C@@H]4O[C@@H](CO)[C@@H](O)[C@@H](O)[C@@H]4O)cc(O)c3c(=O)c2O[C@@H]2O[C@H](C)[C@H](O)[C@H](O)[C@H]2O[C@@H]2O[C@H](C)[C@H](O)[C@H](O)[C@@H]2O)cc1. The molecule has 15 atom stereocenters. The van der Waals surface area contributed by atoms with Crippen LogP contribution in [0.2, 0.25) is 0 Å². The molecule has 10 N–H and O–H groups in total. The molecule has 4 heterocycles. The minimum absolute atomic E-state index is 0.0169. The molecule has 0 aliphatic carbocycles. The Hall–Kier alpha value is -3.93. The van der Waals surface area contributed by atoms with Gasteiger partial charge in [-0.25, -0.2) is 0 Å². The number of phenolic OH excluding ortho intramolecular Hbond substituents is 1. The maximum atomic E-state index is 14.7. The lowest BCUT2D eigenvalue weighted by atomic mass is 9.98.